The van der Waals surface area contributed by atoms with Crippen LogP contribution in [0.3, 0.4) is 0 Å². The van der Waals surface area contributed by atoms with Crippen LogP contribution >= 0.6 is 0 Å². The Hall–Kier alpha value is 0. The highest BCUT2D eigenvalue weighted by Crippen LogP contribution is 3.79. The highest BCUT2D eigenvalue weighted by atomic mass is 15.8. The zero-order valence-corrected chi connectivity index (χ0v) is 39.4. The summed E-state index contributed by atoms with van der Waals surface area (Å²) in [5.74, 6) is 40.9. The van der Waals surface area contributed by atoms with E-state index in [0.717, 1.165) is 211 Å². The fourth-order valence-electron chi connectivity index (χ4n) is 84.8. The lowest BCUT2D eigenvalue weighted by molar-refractivity contribution is -1.30. The third-order valence-corrected chi connectivity index (χ3v) is 65.0. The van der Waals surface area contributed by atoms with Crippen molar-refractivity contribution in [3.63, 3.8) is 0 Å². The molecule has 68 atom stereocenters. The van der Waals surface area contributed by atoms with Crippen molar-refractivity contribution in [2.24, 2.45) is 383 Å². The van der Waals surface area contributed by atoms with Gasteiger partial charge < -0.3 is 0 Å². The first-order valence-corrected chi connectivity index (χ1v) is 35.8. The zero-order chi connectivity index (χ0) is 39.4. The van der Waals surface area contributed by atoms with E-state index >= 15 is 0 Å². The van der Waals surface area contributed by atoms with Crippen LogP contribution in [-0.2, 0) is 0 Å². The Bertz CT molecular complexity index is 5340. The van der Waals surface area contributed by atoms with E-state index in [1.165, 1.54) is 172 Å². The van der Waals surface area contributed by atoms with Gasteiger partial charge in [0.2, 0.25) is 0 Å². The van der Waals surface area contributed by atoms with Crippen LogP contribution in [-0.4, -0.2) is 0 Å². The molecule has 0 heterocycles. The van der Waals surface area contributed by atoms with Crippen molar-refractivity contribution < 1.29 is 0 Å². The predicted molar refractivity (Wildman–Crippen MR) is 216 cm³/mol. The van der Waals surface area contributed by atoms with Gasteiger partial charge in [0, 0.05) is 0 Å². The SMILES string of the molecule is CC1C2C3C4CC5C6C7C8C9C%10C%11C%12C%13C%14CC%15C%16C%17C%18CC%19C%20C%21C%22C%23C%24C%25C%26C%27C1C21C32C3C45C64C75C86C97C%108C%119C%12%10C%13%11C%15%14C%16%12C%17%13C%18%19C%20%14C%21%15C%22%16C%23%17C%24%18C%25%19C%26%20C%271C21C34C52C%201C%191C62C72C%181C%171C%163C%154C%13%14C%12%11C%104C93C821. The number of hydrogen-bond donors (Lipinski definition) is 0. The molecule has 0 radical (unpaired) electrons. The van der Waals surface area contributed by atoms with Crippen molar-refractivity contribution >= 4 is 0 Å². The molecule has 0 nitrogen and oxygen atoms in total. The molecule has 39 spiro atoms. The monoisotopic (exact) mass is 902 g/mol. The average molecular weight is 903 g/mol. The van der Waals surface area contributed by atoms with Crippen molar-refractivity contribution in [2.75, 3.05) is 0 Å². The molecule has 0 heteroatoms. The maximum atomic E-state index is 3.06. The molecule has 54 aliphatic rings. The standard InChI is InChI=1S/C72H38/c1-5-12-14-6-2-7-15-21-25-29-30-26-22-18-10-3-8-16-17-9-4-11-19-23-27-31-32-28-24-20-13(5)37(12)38(14)33-34(6,7)39(15)45(21)49(25)53(29)54(30)50(26)46(22)42(18)35(8,10)40(16)41(17)36(9,11)43(19)47(23)51(27)55(31)56(32)52(28)48(24)44(20,37)58(38)57(33,39)61(45)62(48,58)66(52)65(49,61)69(53)70(56,66)72(55)68(51)64(47)60(41,43)59(40,42)63(46,64)67(50,68)71(54,69)72/h5-33H,2-4H2,1H3. The average Bonchev–Trinajstić information content (AvgIpc) is 0.449. The molecule has 0 aromatic heterocycles. The molecule has 54 fully saturated rings. The Morgan fingerprint density at radius 3 is 0.944 bits per heavy atom. The minimum atomic E-state index is 1.08. The topological polar surface area (TPSA) is 0 Å². The van der Waals surface area contributed by atoms with Gasteiger partial charge in [0.15, 0.2) is 0 Å². The van der Waals surface area contributed by atoms with Gasteiger partial charge in [-0.15, -0.1) is 0 Å². The van der Waals surface area contributed by atoms with E-state index in [2.05, 4.69) is 6.92 Å². The first-order chi connectivity index (χ1) is 35.8. The molecular weight excluding hydrogens is 865 g/mol. The molecule has 0 saturated heterocycles. The second kappa shape index (κ2) is 3.31. The fraction of sp³-hybridized carbons (Fsp3) is 1.00. The van der Waals surface area contributed by atoms with Gasteiger partial charge in [-0.1, -0.05) is 6.92 Å². The van der Waals surface area contributed by atoms with Gasteiger partial charge in [-0.3, -0.25) is 0 Å². The van der Waals surface area contributed by atoms with Crippen LogP contribution in [0.1, 0.15) is 26.2 Å². The number of fused-ring (bicyclic) bond motifs is 23. The van der Waals surface area contributed by atoms with Crippen LogP contribution in [0.5, 0.6) is 0 Å². The first kappa shape index (κ1) is 23.2. The van der Waals surface area contributed by atoms with Gasteiger partial charge in [0.1, 0.15) is 0 Å². The second-order valence-electron chi connectivity index (χ2n) is 47.7. The van der Waals surface area contributed by atoms with E-state index in [9.17, 15) is 0 Å². The second-order valence-corrected chi connectivity index (χ2v) is 47.7. The van der Waals surface area contributed by atoms with Gasteiger partial charge in [0.25, 0.3) is 0 Å². The molecule has 72 heavy (non-hydrogen) atoms. The van der Waals surface area contributed by atoms with E-state index in [1.54, 1.807) is 0 Å². The Labute approximate surface area is 406 Å². The van der Waals surface area contributed by atoms with E-state index in [0.29, 0.717) is 0 Å². The van der Waals surface area contributed by atoms with Crippen LogP contribution in [0.25, 0.3) is 0 Å². The smallest absolute Gasteiger partial charge is 0.000370 e. The molecule has 54 saturated carbocycles. The highest BCUT2D eigenvalue weighted by Gasteiger charge is 3.79. The normalized spacial score (nSPS) is 149. The summed E-state index contributed by atoms with van der Waals surface area (Å²) in [4.78, 5) is 0. The van der Waals surface area contributed by atoms with Gasteiger partial charge in [0.05, 0.1) is 0 Å². The Balaban J connectivity index is 0.699. The summed E-state index contributed by atoms with van der Waals surface area (Å²) in [5.41, 5.74) is 44.3. The maximum Gasteiger partial charge on any atom is -0.000370 e. The van der Waals surface area contributed by atoms with Crippen molar-refractivity contribution in [3.8, 4) is 0 Å². The lowest BCUT2D eigenvalue weighted by Crippen LogP contribution is -3.73. The lowest BCUT2D eigenvalue weighted by Gasteiger charge is -3.74. The first-order valence-electron chi connectivity index (χ1n) is 35.8. The predicted octanol–water partition coefficient (Wildman–Crippen LogP) is 5.25. The minimum absolute atomic E-state index is 1.08. The summed E-state index contributed by atoms with van der Waals surface area (Å²) in [6, 6.07) is 0. The molecule has 0 aromatic rings. The fourth-order valence-corrected chi connectivity index (χ4v) is 84.8. The molecule has 0 N–H and O–H groups in total. The summed E-state index contributed by atoms with van der Waals surface area (Å²) in [6.45, 7) is 3.06. The van der Waals surface area contributed by atoms with Crippen molar-refractivity contribution in [1.29, 1.82) is 0 Å². The van der Waals surface area contributed by atoms with Crippen LogP contribution < -0.4 is 0 Å². The van der Waals surface area contributed by atoms with Crippen LogP contribution in [0.4, 0.5) is 0 Å². The van der Waals surface area contributed by atoms with E-state index in [4.69, 9.17) is 0 Å². The third-order valence-electron chi connectivity index (χ3n) is 65.0. The van der Waals surface area contributed by atoms with E-state index < -0.39 is 0 Å². The van der Waals surface area contributed by atoms with E-state index in [-0.39, 0.29) is 0 Å². The minimum Gasteiger partial charge on any atom is -0.0619 e. The van der Waals surface area contributed by atoms with Crippen molar-refractivity contribution in [1.82, 2.24) is 0 Å². The van der Waals surface area contributed by atoms with Crippen LogP contribution in [0, 0.1) is 383 Å². The Morgan fingerprint density at radius 2 is 0.472 bits per heavy atom. The lowest BCUT2D eigenvalue weighted by atomic mass is 8.28. The summed E-state index contributed by atoms with van der Waals surface area (Å²) in [6.07, 6.45) is 5.67. The van der Waals surface area contributed by atoms with Gasteiger partial charge in [-0.25, -0.2) is 0 Å². The highest BCUT2D eigenvalue weighted by molar-refractivity contribution is 6.23. The number of rotatable bonds is 0. The maximum absolute atomic E-state index is 3.06. The molecule has 326 valence electrons. The molecule has 54 aliphatic carbocycles. The summed E-state index contributed by atoms with van der Waals surface area (Å²) in [7, 11) is 0. The Morgan fingerprint density at radius 1 is 0.194 bits per heavy atom. The number of hydrogen-bond acceptors (Lipinski definition) is 0. The summed E-state index contributed by atoms with van der Waals surface area (Å²) in [5, 5.41) is 0. The molecule has 0 bridgehead atoms. The quantitative estimate of drug-likeness (QED) is 0.312. The van der Waals surface area contributed by atoms with Crippen LogP contribution in [0.15, 0.2) is 0 Å². The molecule has 0 aliphatic heterocycles. The van der Waals surface area contributed by atoms with Gasteiger partial charge in [-0.05, 0) is 402 Å². The molecular formula is C72H38. The molecule has 54 rings (SSSR count). The Kier molecular flexibility index (Phi) is 1.07. The van der Waals surface area contributed by atoms with Crippen LogP contribution in [0.2, 0.25) is 0 Å². The zero-order valence-electron chi connectivity index (χ0n) is 39.4. The van der Waals surface area contributed by atoms with Crippen molar-refractivity contribution in [2.45, 2.75) is 26.2 Å². The van der Waals surface area contributed by atoms with Gasteiger partial charge >= 0.3 is 0 Å². The summed E-state index contributed by atoms with van der Waals surface area (Å²) >= 11 is 0. The van der Waals surface area contributed by atoms with Gasteiger partial charge in [-0.2, -0.15) is 0 Å². The third kappa shape index (κ3) is 0.452. The molecule has 0 aromatic carbocycles. The summed E-state index contributed by atoms with van der Waals surface area (Å²) < 4.78 is 0. The largest absolute Gasteiger partial charge is 0.0619 e. The van der Waals surface area contributed by atoms with Crippen molar-refractivity contribution in [3.05, 3.63) is 0 Å². The van der Waals surface area contributed by atoms with E-state index in [1.807, 2.05) is 19.3 Å². The molecule has 68 unspecified atom stereocenters. The molecule has 0 amide bonds.